The lowest BCUT2D eigenvalue weighted by Gasteiger charge is -2.35. The third-order valence-corrected chi connectivity index (χ3v) is 3.61. The van der Waals surface area contributed by atoms with Gasteiger partial charge in [-0.25, -0.2) is 0 Å². The molecule has 2 N–H and O–H groups in total. The van der Waals surface area contributed by atoms with E-state index in [2.05, 4.69) is 4.74 Å². The number of carbonyl (C=O) groups excluding carboxylic acids is 2. The fourth-order valence-electron chi connectivity index (χ4n) is 2.02. The molecule has 0 aromatic carbocycles. The Morgan fingerprint density at radius 3 is 2.70 bits per heavy atom. The molecule has 20 heavy (non-hydrogen) atoms. The minimum atomic E-state index is -0.484. The Kier molecular flexibility index (Phi) is 8.76. The fraction of sp³-hybridized carbons (Fsp3) is 0.846. The first kappa shape index (κ1) is 19.1. The van der Waals surface area contributed by atoms with Crippen molar-refractivity contribution in [3.8, 4) is 0 Å². The van der Waals surface area contributed by atoms with Crippen LogP contribution in [0.4, 0.5) is 0 Å². The fourth-order valence-corrected chi connectivity index (χ4v) is 2.02. The van der Waals surface area contributed by atoms with Crippen molar-refractivity contribution in [2.45, 2.75) is 38.8 Å². The second kappa shape index (κ2) is 9.15. The maximum absolute atomic E-state index is 12.2. The van der Waals surface area contributed by atoms with E-state index in [1.54, 1.807) is 4.90 Å². The Labute approximate surface area is 126 Å². The van der Waals surface area contributed by atoms with Gasteiger partial charge in [0.2, 0.25) is 5.91 Å². The van der Waals surface area contributed by atoms with Crippen molar-refractivity contribution in [3.05, 3.63) is 0 Å². The molecule has 1 aliphatic rings. The minimum Gasteiger partial charge on any atom is -0.469 e. The molecule has 6 nitrogen and oxygen atoms in total. The number of methoxy groups -OCH3 is 1. The lowest BCUT2D eigenvalue weighted by molar-refractivity contribution is -0.150. The van der Waals surface area contributed by atoms with Crippen molar-refractivity contribution >= 4 is 24.3 Å². The minimum absolute atomic E-state index is 0. The molecule has 7 heteroatoms. The van der Waals surface area contributed by atoms with Crippen molar-refractivity contribution in [2.24, 2.45) is 11.7 Å². The molecular weight excluding hydrogens is 284 g/mol. The second-order valence-electron chi connectivity index (χ2n) is 4.97. The highest BCUT2D eigenvalue weighted by Gasteiger charge is 2.30. The molecule has 1 amide bonds. The van der Waals surface area contributed by atoms with Gasteiger partial charge in [-0.2, -0.15) is 0 Å². The molecule has 3 atom stereocenters. The third-order valence-electron chi connectivity index (χ3n) is 3.61. The SMILES string of the molecule is CCC(C)C(N)C(=O)N1CCOC(CC(=O)OC)C1.Cl. The van der Waals surface area contributed by atoms with Crippen molar-refractivity contribution in [3.63, 3.8) is 0 Å². The van der Waals surface area contributed by atoms with Crippen LogP contribution in [0.1, 0.15) is 26.7 Å². The summed E-state index contributed by atoms with van der Waals surface area (Å²) in [6, 6.07) is -0.484. The molecule has 0 bridgehead atoms. The van der Waals surface area contributed by atoms with Crippen molar-refractivity contribution in [1.29, 1.82) is 0 Å². The molecule has 0 aromatic rings. The molecule has 1 saturated heterocycles. The lowest BCUT2D eigenvalue weighted by Crippen LogP contribution is -2.53. The number of amides is 1. The lowest BCUT2D eigenvalue weighted by atomic mass is 9.98. The summed E-state index contributed by atoms with van der Waals surface area (Å²) in [7, 11) is 1.34. The van der Waals surface area contributed by atoms with E-state index in [9.17, 15) is 9.59 Å². The Morgan fingerprint density at radius 2 is 2.15 bits per heavy atom. The molecular formula is C13H25ClN2O4. The van der Waals surface area contributed by atoms with E-state index in [1.807, 2.05) is 13.8 Å². The van der Waals surface area contributed by atoms with Crippen LogP contribution in [-0.2, 0) is 19.1 Å². The van der Waals surface area contributed by atoms with Crippen LogP contribution in [0.3, 0.4) is 0 Å². The number of rotatable bonds is 5. The number of carbonyl (C=O) groups is 2. The molecule has 1 fully saturated rings. The van der Waals surface area contributed by atoms with E-state index in [1.165, 1.54) is 7.11 Å². The first-order valence-electron chi connectivity index (χ1n) is 6.72. The largest absolute Gasteiger partial charge is 0.469 e. The number of hydrogen-bond donors (Lipinski definition) is 1. The van der Waals surface area contributed by atoms with Gasteiger partial charge in [0.25, 0.3) is 0 Å². The van der Waals surface area contributed by atoms with Gasteiger partial charge in [-0.15, -0.1) is 12.4 Å². The van der Waals surface area contributed by atoms with Crippen LogP contribution in [-0.4, -0.2) is 55.7 Å². The van der Waals surface area contributed by atoms with Gasteiger partial charge in [0.15, 0.2) is 0 Å². The van der Waals surface area contributed by atoms with Gasteiger partial charge in [-0.05, 0) is 5.92 Å². The number of ether oxygens (including phenoxy) is 2. The van der Waals surface area contributed by atoms with Gasteiger partial charge in [0, 0.05) is 13.1 Å². The quantitative estimate of drug-likeness (QED) is 0.751. The summed E-state index contributed by atoms with van der Waals surface area (Å²) in [6.45, 7) is 5.34. The predicted octanol–water partition coefficient (Wildman–Crippen LogP) is 0.572. The Hall–Kier alpha value is -0.850. The van der Waals surface area contributed by atoms with Crippen LogP contribution < -0.4 is 5.73 Å². The summed E-state index contributed by atoms with van der Waals surface area (Å²) < 4.78 is 10.1. The maximum Gasteiger partial charge on any atom is 0.308 e. The van der Waals surface area contributed by atoms with Gasteiger partial charge in [-0.1, -0.05) is 20.3 Å². The van der Waals surface area contributed by atoms with E-state index in [-0.39, 0.29) is 42.7 Å². The molecule has 0 aliphatic carbocycles. The Morgan fingerprint density at radius 1 is 1.50 bits per heavy atom. The molecule has 1 rings (SSSR count). The van der Waals surface area contributed by atoms with Gasteiger partial charge in [-0.3, -0.25) is 9.59 Å². The van der Waals surface area contributed by atoms with E-state index >= 15 is 0 Å². The zero-order valence-electron chi connectivity index (χ0n) is 12.3. The average Bonchev–Trinajstić information content (AvgIpc) is 2.44. The average molecular weight is 309 g/mol. The molecule has 0 spiro atoms. The van der Waals surface area contributed by atoms with Crippen molar-refractivity contribution in [1.82, 2.24) is 4.90 Å². The third kappa shape index (κ3) is 5.26. The molecule has 1 aliphatic heterocycles. The molecule has 0 saturated carbocycles. The summed E-state index contributed by atoms with van der Waals surface area (Å²) in [4.78, 5) is 25.1. The zero-order chi connectivity index (χ0) is 14.4. The van der Waals surface area contributed by atoms with E-state index in [0.717, 1.165) is 6.42 Å². The smallest absolute Gasteiger partial charge is 0.308 e. The van der Waals surface area contributed by atoms with Crippen LogP contribution >= 0.6 is 12.4 Å². The summed E-state index contributed by atoms with van der Waals surface area (Å²) in [5, 5.41) is 0. The Balaban J connectivity index is 0.00000361. The number of morpholine rings is 1. The molecule has 118 valence electrons. The van der Waals surface area contributed by atoms with Gasteiger partial charge in [0.05, 0.1) is 32.3 Å². The van der Waals surface area contributed by atoms with Crippen LogP contribution in [0.25, 0.3) is 0 Å². The number of hydrogen-bond acceptors (Lipinski definition) is 5. The van der Waals surface area contributed by atoms with E-state index < -0.39 is 6.04 Å². The topological polar surface area (TPSA) is 81.9 Å². The van der Waals surface area contributed by atoms with Crippen LogP contribution in [0.15, 0.2) is 0 Å². The predicted molar refractivity (Wildman–Crippen MR) is 77.6 cm³/mol. The molecule has 0 radical (unpaired) electrons. The summed E-state index contributed by atoms with van der Waals surface area (Å²) in [6.07, 6.45) is 0.732. The van der Waals surface area contributed by atoms with Crippen LogP contribution in [0.5, 0.6) is 0 Å². The van der Waals surface area contributed by atoms with Gasteiger partial charge >= 0.3 is 5.97 Å². The monoisotopic (exact) mass is 308 g/mol. The summed E-state index contributed by atoms with van der Waals surface area (Å²) in [5.74, 6) is -0.243. The molecule has 1 heterocycles. The van der Waals surface area contributed by atoms with Crippen molar-refractivity contribution < 1.29 is 19.1 Å². The Bertz CT molecular complexity index is 327. The van der Waals surface area contributed by atoms with Crippen LogP contribution in [0.2, 0.25) is 0 Å². The number of nitrogens with zero attached hydrogens (tertiary/aromatic N) is 1. The van der Waals surface area contributed by atoms with Crippen molar-refractivity contribution in [2.75, 3.05) is 26.8 Å². The van der Waals surface area contributed by atoms with Gasteiger partial charge < -0.3 is 20.1 Å². The van der Waals surface area contributed by atoms with E-state index in [0.29, 0.717) is 19.7 Å². The highest BCUT2D eigenvalue weighted by Crippen LogP contribution is 2.14. The van der Waals surface area contributed by atoms with Gasteiger partial charge in [0.1, 0.15) is 0 Å². The number of halogens is 1. The number of nitrogens with two attached hydrogens (primary N) is 1. The summed E-state index contributed by atoms with van der Waals surface area (Å²) in [5.41, 5.74) is 5.95. The van der Waals surface area contributed by atoms with E-state index in [4.69, 9.17) is 10.5 Å². The summed E-state index contributed by atoms with van der Waals surface area (Å²) >= 11 is 0. The maximum atomic E-state index is 12.2. The standard InChI is InChI=1S/C13H24N2O4.ClH/c1-4-9(2)12(14)13(17)15-5-6-19-10(8-15)7-11(16)18-3;/h9-10,12H,4-8,14H2,1-3H3;1H. The highest BCUT2D eigenvalue weighted by atomic mass is 35.5. The first-order valence-corrected chi connectivity index (χ1v) is 6.72. The molecule has 3 unspecified atom stereocenters. The number of esters is 1. The normalized spacial score (nSPS) is 21.6. The second-order valence-corrected chi connectivity index (χ2v) is 4.97. The zero-order valence-corrected chi connectivity index (χ0v) is 13.1. The highest BCUT2D eigenvalue weighted by molar-refractivity contribution is 5.85. The van der Waals surface area contributed by atoms with Crippen LogP contribution in [0, 0.1) is 5.92 Å². The molecule has 0 aromatic heterocycles. The first-order chi connectivity index (χ1) is 8.99.